The van der Waals surface area contributed by atoms with Gasteiger partial charge in [-0.25, -0.2) is 9.18 Å². The van der Waals surface area contributed by atoms with Crippen LogP contribution in [0, 0.1) is 5.82 Å². The first-order valence-electron chi connectivity index (χ1n) is 10.1. The number of carbonyl (C=O) groups excluding carboxylic acids is 1. The Balaban J connectivity index is 1.57. The Bertz CT molecular complexity index is 1060. The normalized spacial score (nSPS) is 17.2. The highest BCUT2D eigenvalue weighted by molar-refractivity contribution is 5.95. The van der Waals surface area contributed by atoms with Crippen molar-refractivity contribution in [1.29, 1.82) is 0 Å². The van der Waals surface area contributed by atoms with E-state index >= 15 is 0 Å². The molecule has 0 atom stereocenters. The minimum absolute atomic E-state index is 0.00751. The van der Waals surface area contributed by atoms with Crippen molar-refractivity contribution in [2.45, 2.75) is 31.9 Å². The molecule has 0 unspecified atom stereocenters. The van der Waals surface area contributed by atoms with Crippen LogP contribution in [0.3, 0.4) is 0 Å². The Morgan fingerprint density at radius 2 is 1.87 bits per heavy atom. The molecule has 0 aliphatic carbocycles. The van der Waals surface area contributed by atoms with Crippen molar-refractivity contribution in [3.05, 3.63) is 52.8 Å². The van der Waals surface area contributed by atoms with Gasteiger partial charge in [0.2, 0.25) is 0 Å². The van der Waals surface area contributed by atoms with Gasteiger partial charge in [0, 0.05) is 36.7 Å². The zero-order valence-corrected chi connectivity index (χ0v) is 17.9. The quantitative estimate of drug-likeness (QED) is 0.786. The lowest BCUT2D eigenvalue weighted by molar-refractivity contribution is 0.0398. The van der Waals surface area contributed by atoms with E-state index in [2.05, 4.69) is 4.90 Å². The first kappa shape index (κ1) is 21.1. The Labute approximate surface area is 180 Å². The molecule has 4 rings (SSSR count). The Morgan fingerprint density at radius 1 is 1.16 bits per heavy atom. The van der Waals surface area contributed by atoms with E-state index in [9.17, 15) is 19.1 Å². The van der Waals surface area contributed by atoms with Gasteiger partial charge in [0.05, 0.1) is 5.56 Å². The van der Waals surface area contributed by atoms with Gasteiger partial charge in [0.15, 0.2) is 11.6 Å². The van der Waals surface area contributed by atoms with E-state index in [0.29, 0.717) is 36.9 Å². The van der Waals surface area contributed by atoms with Crippen LogP contribution in [0.5, 0.6) is 17.2 Å². The molecule has 164 valence electrons. The fourth-order valence-corrected chi connectivity index (χ4v) is 3.82. The van der Waals surface area contributed by atoms with Gasteiger partial charge >= 0.3 is 5.97 Å². The summed E-state index contributed by atoms with van der Waals surface area (Å²) in [6, 6.07) is 7.20. The van der Waals surface area contributed by atoms with Crippen LogP contribution in [0.1, 0.15) is 40.1 Å². The number of rotatable bonds is 5. The molecule has 1 amide bonds. The Morgan fingerprint density at radius 3 is 2.48 bits per heavy atom. The first-order chi connectivity index (χ1) is 14.5. The largest absolute Gasteiger partial charge is 0.487 e. The molecule has 1 N–H and O–H groups in total. The third kappa shape index (κ3) is 4.07. The van der Waals surface area contributed by atoms with E-state index in [0.717, 1.165) is 6.07 Å². The molecule has 2 heterocycles. The predicted octanol–water partition coefficient (Wildman–Crippen LogP) is 3.42. The molecule has 1 saturated heterocycles. The second kappa shape index (κ2) is 7.53. The van der Waals surface area contributed by atoms with Crippen LogP contribution in [0.4, 0.5) is 4.39 Å². The highest BCUT2D eigenvalue weighted by Crippen LogP contribution is 2.43. The van der Waals surface area contributed by atoms with Crippen molar-refractivity contribution >= 4 is 11.9 Å². The third-order valence-electron chi connectivity index (χ3n) is 5.68. The number of halogens is 1. The van der Waals surface area contributed by atoms with Gasteiger partial charge in [-0.15, -0.1) is 0 Å². The van der Waals surface area contributed by atoms with E-state index in [4.69, 9.17) is 9.47 Å². The highest BCUT2D eigenvalue weighted by Gasteiger charge is 2.35. The molecular formula is C23H25FN2O5. The monoisotopic (exact) mass is 428 g/mol. The molecule has 2 aromatic carbocycles. The number of likely N-dealkylation sites (tertiary alicyclic amines) is 1. The average Bonchev–Trinajstić information content (AvgIpc) is 2.95. The number of ether oxygens (including phenoxy) is 2. The molecule has 2 aliphatic heterocycles. The molecule has 8 heteroatoms. The maximum Gasteiger partial charge on any atom is 0.335 e. The van der Waals surface area contributed by atoms with Gasteiger partial charge in [-0.3, -0.25) is 4.79 Å². The lowest BCUT2D eigenvalue weighted by Gasteiger charge is -2.42. The number of carbonyl (C=O) groups is 2. The van der Waals surface area contributed by atoms with Crippen molar-refractivity contribution in [3.63, 3.8) is 0 Å². The van der Waals surface area contributed by atoms with Crippen LogP contribution in [-0.4, -0.2) is 65.6 Å². The smallest absolute Gasteiger partial charge is 0.335 e. The molecule has 31 heavy (non-hydrogen) atoms. The minimum atomic E-state index is -1.13. The summed E-state index contributed by atoms with van der Waals surface area (Å²) in [7, 11) is 3.92. The predicted molar refractivity (Wildman–Crippen MR) is 112 cm³/mol. The van der Waals surface area contributed by atoms with Gasteiger partial charge in [0.25, 0.3) is 5.91 Å². The molecule has 0 bridgehead atoms. The van der Waals surface area contributed by atoms with E-state index in [1.807, 2.05) is 27.9 Å². The summed E-state index contributed by atoms with van der Waals surface area (Å²) < 4.78 is 26.4. The van der Waals surface area contributed by atoms with Crippen molar-refractivity contribution in [3.8, 4) is 17.2 Å². The zero-order valence-electron chi connectivity index (χ0n) is 17.9. The number of hydrogen-bond donors (Lipinski definition) is 1. The summed E-state index contributed by atoms with van der Waals surface area (Å²) in [4.78, 5) is 27.8. The van der Waals surface area contributed by atoms with Gasteiger partial charge in [0.1, 0.15) is 17.1 Å². The molecule has 2 aromatic rings. The Kier molecular flexibility index (Phi) is 5.13. The van der Waals surface area contributed by atoms with Crippen LogP contribution in [-0.2, 0) is 6.42 Å². The summed E-state index contributed by atoms with van der Waals surface area (Å²) in [5, 5.41) is 9.39. The number of amides is 1. The molecular weight excluding hydrogens is 403 g/mol. The second-order valence-corrected chi connectivity index (χ2v) is 8.87. The molecule has 1 fully saturated rings. The lowest BCUT2D eigenvalue weighted by Crippen LogP contribution is -2.59. The van der Waals surface area contributed by atoms with E-state index < -0.39 is 17.4 Å². The number of likely N-dealkylation sites (N-methyl/N-ethyl adjacent to an activating group) is 1. The van der Waals surface area contributed by atoms with Crippen LogP contribution in [0.25, 0.3) is 0 Å². The third-order valence-corrected chi connectivity index (χ3v) is 5.68. The average molecular weight is 428 g/mol. The van der Waals surface area contributed by atoms with Crippen molar-refractivity contribution in [1.82, 2.24) is 9.80 Å². The fourth-order valence-electron chi connectivity index (χ4n) is 3.82. The molecule has 2 aliphatic rings. The number of hydrogen-bond acceptors (Lipinski definition) is 5. The van der Waals surface area contributed by atoms with Crippen LogP contribution in [0.15, 0.2) is 30.3 Å². The highest BCUT2D eigenvalue weighted by atomic mass is 19.1. The molecule has 0 saturated carbocycles. The summed E-state index contributed by atoms with van der Waals surface area (Å²) in [6.07, 6.45) is 0.498. The van der Waals surface area contributed by atoms with E-state index in [1.54, 1.807) is 4.90 Å². The van der Waals surface area contributed by atoms with Crippen LogP contribution >= 0.6 is 0 Å². The van der Waals surface area contributed by atoms with Gasteiger partial charge in [-0.2, -0.15) is 0 Å². The molecule has 0 spiro atoms. The van der Waals surface area contributed by atoms with Gasteiger partial charge in [-0.1, -0.05) is 0 Å². The van der Waals surface area contributed by atoms with Gasteiger partial charge in [-0.05, 0) is 58.3 Å². The minimum Gasteiger partial charge on any atom is -0.487 e. The zero-order chi connectivity index (χ0) is 22.5. The van der Waals surface area contributed by atoms with E-state index in [1.165, 1.54) is 24.3 Å². The van der Waals surface area contributed by atoms with Crippen LogP contribution in [0.2, 0.25) is 0 Å². The standard InChI is InChI=1S/C23H25FN2O5/c1-23(2)10-16-19(8-14(22(28)29)9-20(16)31-23)30-18-6-5-13(7-17(18)24)21(27)26-11-15(12-26)25(3)4/h5-9,15H,10-12H2,1-4H3,(H,28,29). The molecule has 7 nitrogen and oxygen atoms in total. The SMILES string of the molecule is CN(C)C1CN(C(=O)c2ccc(Oc3cc(C(=O)O)cc4c3CC(C)(C)O4)c(F)c2)C1. The maximum absolute atomic E-state index is 14.8. The number of carboxylic acid groups (broad SMARTS) is 1. The summed E-state index contributed by atoms with van der Waals surface area (Å²) in [5.74, 6) is -1.49. The van der Waals surface area contributed by atoms with E-state index in [-0.39, 0.29) is 28.5 Å². The summed E-state index contributed by atoms with van der Waals surface area (Å²) in [6.45, 7) is 4.98. The lowest BCUT2D eigenvalue weighted by atomic mass is 10.00. The number of nitrogens with zero attached hydrogens (tertiary/aromatic N) is 2. The molecule has 0 radical (unpaired) electrons. The summed E-state index contributed by atoms with van der Waals surface area (Å²) >= 11 is 0. The topological polar surface area (TPSA) is 79.3 Å². The van der Waals surface area contributed by atoms with Gasteiger partial charge < -0.3 is 24.4 Å². The number of benzene rings is 2. The summed E-state index contributed by atoms with van der Waals surface area (Å²) in [5.41, 5.74) is 0.404. The maximum atomic E-state index is 14.8. The molecule has 0 aromatic heterocycles. The number of aromatic carboxylic acids is 1. The fraction of sp³-hybridized carbons (Fsp3) is 0.391. The second-order valence-electron chi connectivity index (χ2n) is 8.87. The Hall–Kier alpha value is -3.13. The number of fused-ring (bicyclic) bond motifs is 1. The first-order valence-corrected chi connectivity index (χ1v) is 10.1. The van der Waals surface area contributed by atoms with Crippen molar-refractivity contribution in [2.75, 3.05) is 27.2 Å². The van der Waals surface area contributed by atoms with Crippen molar-refractivity contribution in [2.24, 2.45) is 0 Å². The number of carboxylic acids is 1. The van der Waals surface area contributed by atoms with Crippen molar-refractivity contribution < 1.29 is 28.6 Å². The van der Waals surface area contributed by atoms with Crippen LogP contribution < -0.4 is 9.47 Å².